The van der Waals surface area contributed by atoms with E-state index in [-0.39, 0.29) is 0 Å². The van der Waals surface area contributed by atoms with E-state index in [0.29, 0.717) is 10.6 Å². The Kier molecular flexibility index (Phi) is 2.19. The summed E-state index contributed by atoms with van der Waals surface area (Å²) in [6.07, 6.45) is -2.57. The molecule has 1 aliphatic heterocycles. The highest BCUT2D eigenvalue weighted by atomic mass is 32.2. The molecule has 1 nitrogen and oxygen atoms in total. The minimum atomic E-state index is -4.27. The minimum Gasteiger partial charge on any atom is -0.360 e. The smallest absolute Gasteiger partial charge is 0.360 e. The maximum absolute atomic E-state index is 12.3. The van der Waals surface area contributed by atoms with Crippen LogP contribution in [-0.4, -0.2) is 0 Å². The largest absolute Gasteiger partial charge is 0.416 e. The third-order valence-electron chi connectivity index (χ3n) is 1.81. The standard InChI is InChI=1S/C9H6F3NS/c10-9(11,12)6-1-2-7-8(5-6)14-4-3-13-7/h1-5,13H. The lowest BCUT2D eigenvalue weighted by atomic mass is 10.2. The van der Waals surface area contributed by atoms with Crippen LogP contribution in [0, 0.1) is 0 Å². The van der Waals surface area contributed by atoms with E-state index in [2.05, 4.69) is 5.32 Å². The molecule has 0 saturated carbocycles. The van der Waals surface area contributed by atoms with Crippen molar-refractivity contribution in [3.8, 4) is 0 Å². The van der Waals surface area contributed by atoms with E-state index in [0.717, 1.165) is 12.1 Å². The molecule has 0 bridgehead atoms. The maximum atomic E-state index is 12.3. The predicted molar refractivity (Wildman–Crippen MR) is 50.1 cm³/mol. The fraction of sp³-hybridized carbons (Fsp3) is 0.111. The monoisotopic (exact) mass is 217 g/mol. The molecule has 1 aromatic rings. The van der Waals surface area contributed by atoms with Crippen molar-refractivity contribution >= 4 is 17.4 Å². The Balaban J connectivity index is 2.41. The normalized spacial score (nSPS) is 14.8. The highest BCUT2D eigenvalue weighted by Crippen LogP contribution is 2.37. The Labute approximate surface area is 83.0 Å². The van der Waals surface area contributed by atoms with Crippen LogP contribution in [0.25, 0.3) is 0 Å². The lowest BCUT2D eigenvalue weighted by molar-refractivity contribution is -0.137. The number of nitrogens with one attached hydrogen (secondary N) is 1. The summed E-state index contributed by atoms with van der Waals surface area (Å²) in [4.78, 5) is 0.599. The van der Waals surface area contributed by atoms with E-state index in [1.54, 1.807) is 11.6 Å². The SMILES string of the molecule is FC(F)(F)c1ccc2c(c1)SC=CN2. The topological polar surface area (TPSA) is 12.0 Å². The molecule has 5 heteroatoms. The van der Waals surface area contributed by atoms with Crippen molar-refractivity contribution in [3.05, 3.63) is 35.4 Å². The Morgan fingerprint density at radius 2 is 2.00 bits per heavy atom. The average molecular weight is 217 g/mol. The van der Waals surface area contributed by atoms with Gasteiger partial charge < -0.3 is 5.32 Å². The van der Waals surface area contributed by atoms with Crippen molar-refractivity contribution in [1.29, 1.82) is 0 Å². The van der Waals surface area contributed by atoms with E-state index < -0.39 is 11.7 Å². The van der Waals surface area contributed by atoms with Crippen molar-refractivity contribution in [2.24, 2.45) is 0 Å². The second-order valence-electron chi connectivity index (χ2n) is 2.77. The molecule has 0 radical (unpaired) electrons. The minimum absolute atomic E-state index is 0.599. The van der Waals surface area contributed by atoms with E-state index >= 15 is 0 Å². The number of fused-ring (bicyclic) bond motifs is 1. The van der Waals surface area contributed by atoms with Gasteiger partial charge in [-0.1, -0.05) is 11.8 Å². The number of rotatable bonds is 0. The van der Waals surface area contributed by atoms with Gasteiger partial charge in [-0.3, -0.25) is 0 Å². The zero-order chi connectivity index (χ0) is 10.2. The zero-order valence-corrected chi connectivity index (χ0v) is 7.75. The predicted octanol–water partition coefficient (Wildman–Crippen LogP) is 3.69. The van der Waals surface area contributed by atoms with Gasteiger partial charge in [0.25, 0.3) is 0 Å². The quantitative estimate of drug-likeness (QED) is 0.711. The first-order valence-corrected chi connectivity index (χ1v) is 4.75. The number of hydrogen-bond donors (Lipinski definition) is 1. The second-order valence-corrected chi connectivity index (χ2v) is 3.72. The second kappa shape index (κ2) is 3.24. The summed E-state index contributed by atoms with van der Waals surface area (Å²) in [5.74, 6) is 0. The first-order chi connectivity index (χ1) is 6.57. The molecule has 1 heterocycles. The van der Waals surface area contributed by atoms with Gasteiger partial charge in [-0.05, 0) is 23.6 Å². The maximum Gasteiger partial charge on any atom is 0.416 e. The molecule has 0 spiro atoms. The molecule has 0 atom stereocenters. The fourth-order valence-corrected chi connectivity index (χ4v) is 1.88. The van der Waals surface area contributed by atoms with Crippen LogP contribution in [0.4, 0.5) is 18.9 Å². The van der Waals surface area contributed by atoms with Gasteiger partial charge in [0.15, 0.2) is 0 Å². The third kappa shape index (κ3) is 1.72. The highest BCUT2D eigenvalue weighted by Gasteiger charge is 2.31. The van der Waals surface area contributed by atoms with Gasteiger partial charge in [0.1, 0.15) is 0 Å². The zero-order valence-electron chi connectivity index (χ0n) is 6.93. The van der Waals surface area contributed by atoms with Crippen LogP contribution < -0.4 is 5.32 Å². The van der Waals surface area contributed by atoms with Gasteiger partial charge in [-0.25, -0.2) is 0 Å². The molecule has 1 aromatic carbocycles. The summed E-state index contributed by atoms with van der Waals surface area (Å²) >= 11 is 1.28. The fourth-order valence-electron chi connectivity index (χ4n) is 1.15. The summed E-state index contributed by atoms with van der Waals surface area (Å²) in [5, 5.41) is 4.58. The molecule has 0 amide bonds. The highest BCUT2D eigenvalue weighted by molar-refractivity contribution is 8.02. The van der Waals surface area contributed by atoms with Crippen molar-refractivity contribution in [1.82, 2.24) is 0 Å². The van der Waals surface area contributed by atoms with Crippen molar-refractivity contribution in [3.63, 3.8) is 0 Å². The molecule has 0 aromatic heterocycles. The Morgan fingerprint density at radius 1 is 1.21 bits per heavy atom. The van der Waals surface area contributed by atoms with Gasteiger partial charge in [0.2, 0.25) is 0 Å². The van der Waals surface area contributed by atoms with E-state index in [9.17, 15) is 13.2 Å². The molecule has 0 aliphatic carbocycles. The lowest BCUT2D eigenvalue weighted by Gasteiger charge is -2.14. The van der Waals surface area contributed by atoms with E-state index in [1.165, 1.54) is 17.8 Å². The van der Waals surface area contributed by atoms with Crippen LogP contribution in [0.2, 0.25) is 0 Å². The molecule has 0 fully saturated rings. The molecular weight excluding hydrogens is 211 g/mol. The molecular formula is C9H6F3NS. The van der Waals surface area contributed by atoms with E-state index in [4.69, 9.17) is 0 Å². The first kappa shape index (κ1) is 9.45. The number of alkyl halides is 3. The molecule has 0 unspecified atom stereocenters. The number of thioether (sulfide) groups is 1. The molecule has 0 saturated heterocycles. The molecule has 14 heavy (non-hydrogen) atoms. The van der Waals surface area contributed by atoms with Crippen LogP contribution in [-0.2, 0) is 6.18 Å². The van der Waals surface area contributed by atoms with Gasteiger partial charge in [0.05, 0.1) is 11.3 Å². The van der Waals surface area contributed by atoms with Crippen molar-refractivity contribution in [2.45, 2.75) is 11.1 Å². The molecule has 2 rings (SSSR count). The summed E-state index contributed by atoms with van der Waals surface area (Å²) < 4.78 is 36.9. The lowest BCUT2D eigenvalue weighted by Crippen LogP contribution is -2.05. The summed E-state index contributed by atoms with van der Waals surface area (Å²) in [7, 11) is 0. The van der Waals surface area contributed by atoms with Gasteiger partial charge >= 0.3 is 6.18 Å². The number of benzene rings is 1. The first-order valence-electron chi connectivity index (χ1n) is 3.87. The van der Waals surface area contributed by atoms with Gasteiger partial charge in [-0.2, -0.15) is 13.2 Å². The van der Waals surface area contributed by atoms with Crippen molar-refractivity contribution in [2.75, 3.05) is 5.32 Å². The third-order valence-corrected chi connectivity index (χ3v) is 2.67. The van der Waals surface area contributed by atoms with Crippen LogP contribution in [0.3, 0.4) is 0 Å². The summed E-state index contributed by atoms with van der Waals surface area (Å²) in [6.45, 7) is 0. The van der Waals surface area contributed by atoms with E-state index in [1.807, 2.05) is 0 Å². The van der Waals surface area contributed by atoms with Crippen LogP contribution in [0.15, 0.2) is 34.7 Å². The van der Waals surface area contributed by atoms with Crippen LogP contribution >= 0.6 is 11.8 Å². The number of halogens is 3. The van der Waals surface area contributed by atoms with Crippen LogP contribution in [0.1, 0.15) is 5.56 Å². The van der Waals surface area contributed by atoms with Gasteiger partial charge in [0, 0.05) is 11.1 Å². The molecule has 1 aliphatic rings. The summed E-state index contributed by atoms with van der Waals surface area (Å²) in [6, 6.07) is 3.66. The Bertz CT molecular complexity index is 384. The Morgan fingerprint density at radius 3 is 2.71 bits per heavy atom. The van der Waals surface area contributed by atoms with Gasteiger partial charge in [-0.15, -0.1) is 0 Å². The van der Waals surface area contributed by atoms with Crippen LogP contribution in [0.5, 0.6) is 0 Å². The Hall–Kier alpha value is -1.10. The average Bonchev–Trinajstić information content (AvgIpc) is 2.16. The number of anilines is 1. The number of hydrogen-bond acceptors (Lipinski definition) is 2. The molecule has 74 valence electrons. The molecule has 1 N–H and O–H groups in total. The van der Waals surface area contributed by atoms with Crippen molar-refractivity contribution < 1.29 is 13.2 Å². The summed E-state index contributed by atoms with van der Waals surface area (Å²) in [5.41, 5.74) is 0.103.